The summed E-state index contributed by atoms with van der Waals surface area (Å²) >= 11 is 0. The fourth-order valence-electron chi connectivity index (χ4n) is 3.19. The largest absolute Gasteiger partial charge is 0.416 e. The predicted molar refractivity (Wildman–Crippen MR) is 104 cm³/mol. The molecule has 0 aliphatic carbocycles. The molecule has 8 heteroatoms. The Morgan fingerprint density at radius 2 is 1.66 bits per heavy atom. The van der Waals surface area contributed by atoms with Gasteiger partial charge in [-0.15, -0.1) is 0 Å². The van der Waals surface area contributed by atoms with Gasteiger partial charge in [0.15, 0.2) is 0 Å². The second-order valence-electron chi connectivity index (χ2n) is 6.57. The number of benzene rings is 2. The van der Waals surface area contributed by atoms with Crippen LogP contribution in [0.4, 0.5) is 18.9 Å². The highest BCUT2D eigenvalue weighted by molar-refractivity contribution is 6.09. The van der Waals surface area contributed by atoms with Crippen molar-refractivity contribution in [3.8, 4) is 11.1 Å². The smallest absolute Gasteiger partial charge is 0.364 e. The number of carbonyl (C=O) groups excluding carboxylic acids is 2. The first-order valence-electron chi connectivity index (χ1n) is 8.63. The van der Waals surface area contributed by atoms with Crippen molar-refractivity contribution in [2.75, 3.05) is 5.32 Å². The molecular formula is C21H18F3N3O2. The zero-order valence-electron chi connectivity index (χ0n) is 15.7. The van der Waals surface area contributed by atoms with Crippen LogP contribution >= 0.6 is 0 Å². The number of hydrogen-bond donors (Lipinski definition) is 2. The van der Waals surface area contributed by atoms with Crippen LogP contribution in [-0.4, -0.2) is 16.4 Å². The molecule has 0 saturated heterocycles. The van der Waals surface area contributed by atoms with Gasteiger partial charge < -0.3 is 15.6 Å². The van der Waals surface area contributed by atoms with Gasteiger partial charge in [0.1, 0.15) is 5.69 Å². The molecule has 2 amide bonds. The maximum atomic E-state index is 12.9. The second-order valence-corrected chi connectivity index (χ2v) is 6.57. The first kappa shape index (κ1) is 20.2. The number of nitrogens with one attached hydrogen (secondary N) is 1. The van der Waals surface area contributed by atoms with Crippen LogP contribution in [0.5, 0.6) is 0 Å². The summed E-state index contributed by atoms with van der Waals surface area (Å²) in [6.07, 6.45) is -2.85. The Kier molecular flexibility index (Phi) is 5.19. The maximum Gasteiger partial charge on any atom is 0.416 e. The molecule has 0 saturated carbocycles. The summed E-state index contributed by atoms with van der Waals surface area (Å²) in [6, 6.07) is 11.2. The predicted octanol–water partition coefficient (Wildman–Crippen LogP) is 4.37. The van der Waals surface area contributed by atoms with Crippen molar-refractivity contribution in [1.29, 1.82) is 0 Å². The molecule has 0 aliphatic rings. The Hall–Kier alpha value is -3.55. The molecule has 5 nitrogen and oxygen atoms in total. The Balaban J connectivity index is 1.94. The molecule has 0 unspecified atom stereocenters. The van der Waals surface area contributed by atoms with E-state index in [-0.39, 0.29) is 11.3 Å². The highest BCUT2D eigenvalue weighted by Crippen LogP contribution is 2.32. The van der Waals surface area contributed by atoms with Crippen molar-refractivity contribution in [3.63, 3.8) is 0 Å². The van der Waals surface area contributed by atoms with Gasteiger partial charge in [0.2, 0.25) is 0 Å². The summed E-state index contributed by atoms with van der Waals surface area (Å²) in [5, 5.41) is 2.74. The van der Waals surface area contributed by atoms with Crippen molar-refractivity contribution in [2.24, 2.45) is 12.8 Å². The van der Waals surface area contributed by atoms with Gasteiger partial charge in [0, 0.05) is 24.4 Å². The molecule has 3 aromatic rings. The highest BCUT2D eigenvalue weighted by Gasteiger charge is 2.30. The summed E-state index contributed by atoms with van der Waals surface area (Å²) in [5.41, 5.74) is 7.08. The number of nitrogens with zero attached hydrogens (tertiary/aromatic N) is 1. The third-order valence-electron chi connectivity index (χ3n) is 4.61. The lowest BCUT2D eigenvalue weighted by Gasteiger charge is -2.12. The number of carbonyl (C=O) groups is 2. The number of alkyl halides is 3. The molecule has 0 bridgehead atoms. The first-order chi connectivity index (χ1) is 13.6. The number of rotatable bonds is 4. The van der Waals surface area contributed by atoms with Gasteiger partial charge in [-0.25, -0.2) is 0 Å². The Bertz CT molecular complexity index is 1080. The van der Waals surface area contributed by atoms with Crippen molar-refractivity contribution in [2.45, 2.75) is 13.1 Å². The Morgan fingerprint density at radius 3 is 2.21 bits per heavy atom. The van der Waals surface area contributed by atoms with Crippen LogP contribution in [0.25, 0.3) is 11.1 Å². The molecule has 0 fully saturated rings. The van der Waals surface area contributed by atoms with E-state index >= 15 is 0 Å². The van der Waals surface area contributed by atoms with Crippen LogP contribution in [0.3, 0.4) is 0 Å². The first-order valence-corrected chi connectivity index (χ1v) is 8.63. The van der Waals surface area contributed by atoms with Gasteiger partial charge >= 0.3 is 6.18 Å². The normalized spacial score (nSPS) is 11.3. The fraction of sp³-hybridized carbons (Fsp3) is 0.143. The fourth-order valence-corrected chi connectivity index (χ4v) is 3.19. The standard InChI is InChI=1S/C21H18F3N3O2/c1-12-17(11-27(2)18(12)19(25)28)26-20(29)16-6-4-3-5-15(16)13-7-9-14(10-8-13)21(22,23)24/h3-11H,1-2H3,(H2,25,28)(H,26,29). The minimum Gasteiger partial charge on any atom is -0.364 e. The summed E-state index contributed by atoms with van der Waals surface area (Å²) < 4.78 is 39.9. The highest BCUT2D eigenvalue weighted by atomic mass is 19.4. The second kappa shape index (κ2) is 7.46. The number of aromatic nitrogens is 1. The number of hydrogen-bond acceptors (Lipinski definition) is 2. The van der Waals surface area contributed by atoms with E-state index in [0.29, 0.717) is 22.4 Å². The van der Waals surface area contributed by atoms with E-state index in [1.54, 1.807) is 44.4 Å². The van der Waals surface area contributed by atoms with Gasteiger partial charge in [-0.05, 0) is 36.2 Å². The Morgan fingerprint density at radius 1 is 1.03 bits per heavy atom. The minimum atomic E-state index is -4.43. The Labute approximate surface area is 164 Å². The van der Waals surface area contributed by atoms with Crippen molar-refractivity contribution in [3.05, 3.63) is 77.1 Å². The number of amides is 2. The third kappa shape index (κ3) is 4.01. The van der Waals surface area contributed by atoms with Crippen LogP contribution < -0.4 is 11.1 Å². The van der Waals surface area contributed by atoms with Crippen LogP contribution in [-0.2, 0) is 13.2 Å². The zero-order valence-corrected chi connectivity index (χ0v) is 15.7. The molecule has 0 spiro atoms. The van der Waals surface area contributed by atoms with Crippen molar-refractivity contribution in [1.82, 2.24) is 4.57 Å². The third-order valence-corrected chi connectivity index (χ3v) is 4.61. The molecule has 1 aromatic heterocycles. The van der Waals surface area contributed by atoms with E-state index in [9.17, 15) is 22.8 Å². The van der Waals surface area contributed by atoms with E-state index in [2.05, 4.69) is 5.32 Å². The maximum absolute atomic E-state index is 12.9. The monoisotopic (exact) mass is 401 g/mol. The van der Waals surface area contributed by atoms with E-state index in [1.807, 2.05) is 0 Å². The average molecular weight is 401 g/mol. The van der Waals surface area contributed by atoms with Gasteiger partial charge in [-0.3, -0.25) is 9.59 Å². The summed E-state index contributed by atoms with van der Waals surface area (Å²) in [7, 11) is 1.64. The lowest BCUT2D eigenvalue weighted by Crippen LogP contribution is -2.16. The summed E-state index contributed by atoms with van der Waals surface area (Å²) in [5.74, 6) is -1.07. The van der Waals surface area contributed by atoms with Gasteiger partial charge in [-0.2, -0.15) is 13.2 Å². The molecule has 0 radical (unpaired) electrons. The summed E-state index contributed by atoms with van der Waals surface area (Å²) in [6.45, 7) is 1.66. The van der Waals surface area contributed by atoms with Gasteiger partial charge in [0.05, 0.1) is 11.3 Å². The molecule has 3 N–H and O–H groups in total. The van der Waals surface area contributed by atoms with Crippen LogP contribution in [0, 0.1) is 6.92 Å². The van der Waals surface area contributed by atoms with Crippen molar-refractivity contribution >= 4 is 17.5 Å². The van der Waals surface area contributed by atoms with Crippen LogP contribution in [0.15, 0.2) is 54.7 Å². The van der Waals surface area contributed by atoms with Gasteiger partial charge in [0.25, 0.3) is 11.8 Å². The number of nitrogens with two attached hydrogens (primary N) is 1. The lowest BCUT2D eigenvalue weighted by atomic mass is 9.98. The number of halogens is 3. The number of primary amides is 1. The quantitative estimate of drug-likeness (QED) is 0.681. The molecule has 2 aromatic carbocycles. The molecule has 3 rings (SSSR count). The van der Waals surface area contributed by atoms with E-state index in [4.69, 9.17) is 5.73 Å². The molecule has 0 aliphatic heterocycles. The van der Waals surface area contributed by atoms with Gasteiger partial charge in [-0.1, -0.05) is 30.3 Å². The van der Waals surface area contributed by atoms with E-state index in [0.717, 1.165) is 12.1 Å². The molecular weight excluding hydrogens is 383 g/mol. The van der Waals surface area contributed by atoms with E-state index < -0.39 is 23.6 Å². The number of anilines is 1. The SMILES string of the molecule is Cc1c(NC(=O)c2ccccc2-c2ccc(C(F)(F)F)cc2)cn(C)c1C(N)=O. The van der Waals surface area contributed by atoms with E-state index in [1.165, 1.54) is 16.7 Å². The zero-order chi connectivity index (χ0) is 21.3. The molecule has 29 heavy (non-hydrogen) atoms. The molecule has 150 valence electrons. The topological polar surface area (TPSA) is 77.1 Å². The molecule has 0 atom stereocenters. The van der Waals surface area contributed by atoms with Crippen LogP contribution in [0.2, 0.25) is 0 Å². The van der Waals surface area contributed by atoms with Crippen LogP contribution in [0.1, 0.15) is 32.0 Å². The lowest BCUT2D eigenvalue weighted by molar-refractivity contribution is -0.137. The average Bonchev–Trinajstić information content (AvgIpc) is 2.94. The summed E-state index contributed by atoms with van der Waals surface area (Å²) in [4.78, 5) is 24.4. The van der Waals surface area contributed by atoms with Crippen molar-refractivity contribution < 1.29 is 22.8 Å². The molecule has 1 heterocycles. The minimum absolute atomic E-state index is 0.274. The number of aryl methyl sites for hydroxylation is 1.